The van der Waals surface area contributed by atoms with Gasteiger partial charge in [0.15, 0.2) is 0 Å². The number of benzene rings is 1. The molecule has 0 spiro atoms. The summed E-state index contributed by atoms with van der Waals surface area (Å²) >= 11 is 0. The van der Waals surface area contributed by atoms with E-state index in [0.29, 0.717) is 19.0 Å². The first-order chi connectivity index (χ1) is 9.86. The molecule has 6 nitrogen and oxygen atoms in total. The number of piperidine rings is 1. The number of carboxylic acid groups (broad SMARTS) is 1. The highest BCUT2D eigenvalue weighted by Crippen LogP contribution is 2.27. The van der Waals surface area contributed by atoms with Gasteiger partial charge in [0.1, 0.15) is 11.3 Å². The number of carboxylic acids is 1. The van der Waals surface area contributed by atoms with E-state index in [4.69, 9.17) is 5.11 Å². The lowest BCUT2D eigenvalue weighted by atomic mass is 9.96. The Morgan fingerprint density at radius 2 is 1.95 bits per heavy atom. The molecule has 0 amide bonds. The van der Waals surface area contributed by atoms with Gasteiger partial charge in [0.2, 0.25) is 10.0 Å². The molecule has 1 aliphatic rings. The van der Waals surface area contributed by atoms with Crippen molar-refractivity contribution in [2.45, 2.75) is 31.1 Å². The van der Waals surface area contributed by atoms with Crippen LogP contribution in [0.15, 0.2) is 23.1 Å². The van der Waals surface area contributed by atoms with Crippen LogP contribution >= 0.6 is 0 Å². The largest absolute Gasteiger partial charge is 0.507 e. The van der Waals surface area contributed by atoms with E-state index in [1.165, 1.54) is 10.4 Å². The molecule has 1 aromatic carbocycles. The molecule has 7 heteroatoms. The lowest BCUT2D eigenvalue weighted by Crippen LogP contribution is -2.38. The summed E-state index contributed by atoms with van der Waals surface area (Å²) < 4.78 is 26.4. The van der Waals surface area contributed by atoms with Gasteiger partial charge >= 0.3 is 5.97 Å². The van der Waals surface area contributed by atoms with E-state index in [2.05, 4.69) is 6.92 Å². The van der Waals surface area contributed by atoms with Crippen molar-refractivity contribution < 1.29 is 23.4 Å². The first-order valence-corrected chi connectivity index (χ1v) is 8.36. The number of aromatic hydroxyl groups is 1. The number of rotatable bonds is 4. The van der Waals surface area contributed by atoms with Crippen LogP contribution in [0.1, 0.15) is 36.5 Å². The van der Waals surface area contributed by atoms with Crippen molar-refractivity contribution >= 4 is 16.0 Å². The predicted molar refractivity (Wildman–Crippen MR) is 76.8 cm³/mol. The van der Waals surface area contributed by atoms with Crippen molar-refractivity contribution in [1.82, 2.24) is 4.31 Å². The van der Waals surface area contributed by atoms with Crippen LogP contribution in [-0.2, 0) is 10.0 Å². The molecule has 1 saturated heterocycles. The molecule has 21 heavy (non-hydrogen) atoms. The fraction of sp³-hybridized carbons (Fsp3) is 0.500. The summed E-state index contributed by atoms with van der Waals surface area (Å²) in [5.74, 6) is -1.24. The van der Waals surface area contributed by atoms with E-state index in [-0.39, 0.29) is 4.90 Å². The molecule has 1 heterocycles. The van der Waals surface area contributed by atoms with E-state index in [1.54, 1.807) is 0 Å². The minimum Gasteiger partial charge on any atom is -0.507 e. The third-order valence-electron chi connectivity index (χ3n) is 3.99. The highest BCUT2D eigenvalue weighted by molar-refractivity contribution is 7.89. The molecule has 1 aliphatic heterocycles. The Morgan fingerprint density at radius 3 is 2.48 bits per heavy atom. The Hall–Kier alpha value is -1.60. The molecular formula is C14H19NO5S. The van der Waals surface area contributed by atoms with E-state index in [9.17, 15) is 18.3 Å². The Kier molecular flexibility index (Phi) is 4.53. The second-order valence-electron chi connectivity index (χ2n) is 5.24. The zero-order valence-corrected chi connectivity index (χ0v) is 12.6. The average Bonchev–Trinajstić information content (AvgIpc) is 2.47. The second-order valence-corrected chi connectivity index (χ2v) is 7.18. The van der Waals surface area contributed by atoms with Crippen LogP contribution in [0.4, 0.5) is 0 Å². The maximum atomic E-state index is 12.5. The monoisotopic (exact) mass is 313 g/mol. The summed E-state index contributed by atoms with van der Waals surface area (Å²) in [7, 11) is -3.71. The van der Waals surface area contributed by atoms with Gasteiger partial charge in [-0.3, -0.25) is 0 Å². The Labute approximate surface area is 124 Å². The molecule has 116 valence electrons. The molecule has 0 unspecified atom stereocenters. The molecule has 2 rings (SSSR count). The summed E-state index contributed by atoms with van der Waals surface area (Å²) in [6.07, 6.45) is 2.68. The smallest absolute Gasteiger partial charge is 0.339 e. The number of hydrogen-bond acceptors (Lipinski definition) is 4. The Balaban J connectivity index is 2.28. The molecule has 2 N–H and O–H groups in total. The third kappa shape index (κ3) is 3.19. The van der Waals surface area contributed by atoms with E-state index in [1.807, 2.05) is 0 Å². The molecule has 0 atom stereocenters. The van der Waals surface area contributed by atoms with Crippen LogP contribution < -0.4 is 0 Å². The first kappa shape index (κ1) is 15.8. The maximum Gasteiger partial charge on any atom is 0.339 e. The van der Waals surface area contributed by atoms with Crippen molar-refractivity contribution in [3.8, 4) is 5.75 Å². The zero-order valence-electron chi connectivity index (χ0n) is 11.8. The topological polar surface area (TPSA) is 94.9 Å². The van der Waals surface area contributed by atoms with Gasteiger partial charge in [-0.1, -0.05) is 13.3 Å². The van der Waals surface area contributed by atoms with Crippen LogP contribution in [0.25, 0.3) is 0 Å². The third-order valence-corrected chi connectivity index (χ3v) is 5.88. The SMILES string of the molecule is CCC1CCN(S(=O)(=O)c2ccc(O)c(C(=O)O)c2)CC1. The van der Waals surface area contributed by atoms with Gasteiger partial charge in [0.05, 0.1) is 4.90 Å². The van der Waals surface area contributed by atoms with Gasteiger partial charge in [-0.15, -0.1) is 0 Å². The van der Waals surface area contributed by atoms with Crippen molar-refractivity contribution in [2.75, 3.05) is 13.1 Å². The lowest BCUT2D eigenvalue weighted by Gasteiger charge is -2.30. The maximum absolute atomic E-state index is 12.5. The minimum atomic E-state index is -3.71. The number of sulfonamides is 1. The van der Waals surface area contributed by atoms with Crippen LogP contribution in [0.3, 0.4) is 0 Å². The summed E-state index contributed by atoms with van der Waals surface area (Å²) in [5.41, 5.74) is -0.403. The van der Waals surface area contributed by atoms with Crippen LogP contribution in [-0.4, -0.2) is 42.0 Å². The highest BCUT2D eigenvalue weighted by atomic mass is 32.2. The first-order valence-electron chi connectivity index (χ1n) is 6.92. The number of carbonyl (C=O) groups is 1. The van der Waals surface area contributed by atoms with Crippen molar-refractivity contribution in [2.24, 2.45) is 5.92 Å². The van der Waals surface area contributed by atoms with Crippen LogP contribution in [0.5, 0.6) is 5.75 Å². The molecule has 0 aromatic heterocycles. The normalized spacial score (nSPS) is 17.8. The molecule has 1 fully saturated rings. The number of nitrogens with zero attached hydrogens (tertiary/aromatic N) is 1. The highest BCUT2D eigenvalue weighted by Gasteiger charge is 2.29. The van der Waals surface area contributed by atoms with Gasteiger partial charge < -0.3 is 10.2 Å². The quantitative estimate of drug-likeness (QED) is 0.885. The van der Waals surface area contributed by atoms with Crippen LogP contribution in [0, 0.1) is 5.92 Å². The number of aromatic carboxylic acids is 1. The minimum absolute atomic E-state index is 0.0901. The molecule has 0 saturated carbocycles. The number of phenols is 1. The summed E-state index contributed by atoms with van der Waals surface area (Å²) in [4.78, 5) is 10.9. The van der Waals surface area contributed by atoms with Crippen molar-refractivity contribution in [3.05, 3.63) is 23.8 Å². The fourth-order valence-corrected chi connectivity index (χ4v) is 4.05. The van der Waals surface area contributed by atoms with Gasteiger partial charge in [-0.2, -0.15) is 4.31 Å². The fourth-order valence-electron chi connectivity index (χ4n) is 2.55. The molecular weight excluding hydrogens is 294 g/mol. The summed E-state index contributed by atoms with van der Waals surface area (Å²) in [6, 6.07) is 3.36. The van der Waals surface area contributed by atoms with Gasteiger partial charge in [-0.25, -0.2) is 13.2 Å². The molecule has 0 bridgehead atoms. The summed E-state index contributed by atoms with van der Waals surface area (Å²) in [6.45, 7) is 2.99. The predicted octanol–water partition coefficient (Wildman–Crippen LogP) is 1.90. The average molecular weight is 313 g/mol. The van der Waals surface area contributed by atoms with Gasteiger partial charge in [0.25, 0.3) is 0 Å². The standard InChI is InChI=1S/C14H19NO5S/c1-2-10-5-7-15(8-6-10)21(19,20)11-3-4-13(16)12(9-11)14(17)18/h3-4,9-10,16H,2,5-8H2,1H3,(H,17,18). The second kappa shape index (κ2) is 6.03. The van der Waals surface area contributed by atoms with Crippen molar-refractivity contribution in [3.63, 3.8) is 0 Å². The molecule has 1 aromatic rings. The Bertz CT molecular complexity index is 633. The molecule has 0 radical (unpaired) electrons. The summed E-state index contributed by atoms with van der Waals surface area (Å²) in [5, 5.41) is 18.4. The van der Waals surface area contributed by atoms with E-state index >= 15 is 0 Å². The van der Waals surface area contributed by atoms with E-state index in [0.717, 1.165) is 31.4 Å². The van der Waals surface area contributed by atoms with E-state index < -0.39 is 27.3 Å². The van der Waals surface area contributed by atoms with Gasteiger partial charge in [0, 0.05) is 13.1 Å². The zero-order chi connectivity index (χ0) is 15.6. The van der Waals surface area contributed by atoms with Crippen molar-refractivity contribution in [1.29, 1.82) is 0 Å². The molecule has 0 aliphatic carbocycles. The lowest BCUT2D eigenvalue weighted by molar-refractivity contribution is 0.0693. The van der Waals surface area contributed by atoms with Crippen LogP contribution in [0.2, 0.25) is 0 Å². The number of hydrogen-bond donors (Lipinski definition) is 2. The Morgan fingerprint density at radius 1 is 1.33 bits per heavy atom. The van der Waals surface area contributed by atoms with Gasteiger partial charge in [-0.05, 0) is 37.0 Å².